The van der Waals surface area contributed by atoms with Gasteiger partial charge in [0.2, 0.25) is 0 Å². The average molecular weight is 519 g/mol. The van der Waals surface area contributed by atoms with E-state index < -0.39 is 5.60 Å². The number of aromatic nitrogens is 3. The summed E-state index contributed by atoms with van der Waals surface area (Å²) in [6, 6.07) is 8.36. The zero-order chi connectivity index (χ0) is 25.9. The molecule has 202 valence electrons. The maximum Gasteiger partial charge on any atom is 0.146 e. The van der Waals surface area contributed by atoms with E-state index in [9.17, 15) is 5.11 Å². The van der Waals surface area contributed by atoms with Gasteiger partial charge in [-0.15, -0.1) is 0 Å². The summed E-state index contributed by atoms with van der Waals surface area (Å²) in [5.41, 5.74) is 8.47. The molecule has 7 rings (SSSR count). The van der Waals surface area contributed by atoms with Gasteiger partial charge in [-0.05, 0) is 63.3 Å². The highest BCUT2D eigenvalue weighted by atomic mass is 16.6. The van der Waals surface area contributed by atoms with E-state index >= 15 is 0 Å². The van der Waals surface area contributed by atoms with E-state index in [4.69, 9.17) is 15.2 Å². The van der Waals surface area contributed by atoms with Crippen LogP contribution >= 0.6 is 0 Å². The third-order valence-corrected chi connectivity index (χ3v) is 9.28. The number of nitrogens with zero attached hydrogens (tertiary/aromatic N) is 5. The van der Waals surface area contributed by atoms with Crippen molar-refractivity contribution in [1.82, 2.24) is 24.3 Å². The molecular weight excluding hydrogens is 480 g/mol. The molecule has 1 aromatic carbocycles. The number of piperazine rings is 1. The van der Waals surface area contributed by atoms with Crippen molar-refractivity contribution in [2.45, 2.75) is 61.9 Å². The lowest BCUT2D eigenvalue weighted by atomic mass is 9.75. The van der Waals surface area contributed by atoms with Gasteiger partial charge in [0.15, 0.2) is 0 Å². The molecule has 4 fully saturated rings. The number of hydrogen-bond donors (Lipinski definition) is 2. The molecule has 5 heterocycles. The number of hydrogen-bond acceptors (Lipinski definition) is 8. The van der Waals surface area contributed by atoms with Crippen molar-refractivity contribution in [3.8, 4) is 16.9 Å². The molecule has 2 aromatic heterocycles. The molecule has 1 aliphatic carbocycles. The molecule has 4 aliphatic rings. The Labute approximate surface area is 223 Å². The number of benzene rings is 1. The molecule has 0 radical (unpaired) electrons. The van der Waals surface area contributed by atoms with Gasteiger partial charge in [0.1, 0.15) is 35.7 Å². The lowest BCUT2D eigenvalue weighted by Gasteiger charge is -2.47. The van der Waals surface area contributed by atoms with Crippen LogP contribution in [0.5, 0.6) is 5.75 Å². The molecule has 3 N–H and O–H groups in total. The van der Waals surface area contributed by atoms with E-state index in [1.54, 1.807) is 0 Å². The lowest BCUT2D eigenvalue weighted by molar-refractivity contribution is -0.0913. The summed E-state index contributed by atoms with van der Waals surface area (Å²) < 4.78 is 14.7. The number of nitrogen functional groups attached to an aromatic ring is 1. The first kappa shape index (κ1) is 24.3. The standard InChI is InChI=1S/C29H38N6O3/c1-33-9-11-34(12-10-33)17-28(36)14-21(15-28)35-16-24(25-26(30)31-19-32-27(25)35)20-3-2-4-23(13-20)37-18-29-7-5-22(38-29)6-8-29/h2-4,13,16,19,21-22,36H,5-12,14-15,17-18H2,1H3,(H2,30,31,32). The molecule has 3 saturated heterocycles. The van der Waals surface area contributed by atoms with E-state index in [0.717, 1.165) is 86.3 Å². The Balaban J connectivity index is 1.11. The summed E-state index contributed by atoms with van der Waals surface area (Å²) in [4.78, 5) is 13.7. The predicted octanol–water partition coefficient (Wildman–Crippen LogP) is 3.08. The Kier molecular flexibility index (Phi) is 5.88. The first-order valence-corrected chi connectivity index (χ1v) is 14.0. The Bertz CT molecular complexity index is 1320. The van der Waals surface area contributed by atoms with E-state index in [-0.39, 0.29) is 11.6 Å². The third kappa shape index (κ3) is 4.35. The minimum atomic E-state index is -0.662. The Morgan fingerprint density at radius 2 is 1.92 bits per heavy atom. The fraction of sp³-hybridized carbons (Fsp3) is 0.586. The van der Waals surface area contributed by atoms with Gasteiger partial charge >= 0.3 is 0 Å². The highest BCUT2D eigenvalue weighted by Crippen LogP contribution is 2.46. The van der Waals surface area contributed by atoms with Gasteiger partial charge in [-0.25, -0.2) is 9.97 Å². The second-order valence-corrected chi connectivity index (χ2v) is 12.1. The van der Waals surface area contributed by atoms with Gasteiger partial charge in [0.05, 0.1) is 17.1 Å². The fourth-order valence-corrected chi connectivity index (χ4v) is 7.02. The van der Waals surface area contributed by atoms with Crippen molar-refractivity contribution >= 4 is 16.9 Å². The van der Waals surface area contributed by atoms with Crippen molar-refractivity contribution < 1.29 is 14.6 Å². The second-order valence-electron chi connectivity index (χ2n) is 12.1. The summed E-state index contributed by atoms with van der Waals surface area (Å²) in [6.45, 7) is 5.45. The number of anilines is 1. The van der Waals surface area contributed by atoms with Crippen LogP contribution in [0.4, 0.5) is 5.82 Å². The van der Waals surface area contributed by atoms with Crippen LogP contribution in [0.25, 0.3) is 22.2 Å². The second kappa shape index (κ2) is 9.19. The Morgan fingerprint density at radius 1 is 1.13 bits per heavy atom. The predicted molar refractivity (Wildman–Crippen MR) is 146 cm³/mol. The van der Waals surface area contributed by atoms with E-state index in [1.165, 1.54) is 6.33 Å². The molecular formula is C29H38N6O3. The summed E-state index contributed by atoms with van der Waals surface area (Å²) in [6.07, 6.45) is 9.96. The quantitative estimate of drug-likeness (QED) is 0.492. The maximum absolute atomic E-state index is 11.3. The van der Waals surface area contributed by atoms with E-state index in [0.29, 0.717) is 31.4 Å². The molecule has 0 spiro atoms. The first-order chi connectivity index (χ1) is 18.4. The minimum Gasteiger partial charge on any atom is -0.491 e. The topological polar surface area (TPSA) is 102 Å². The minimum absolute atomic E-state index is 0.111. The van der Waals surface area contributed by atoms with Gasteiger partial charge in [0.25, 0.3) is 0 Å². The largest absolute Gasteiger partial charge is 0.491 e. The number of fused-ring (bicyclic) bond motifs is 3. The molecule has 38 heavy (non-hydrogen) atoms. The summed E-state index contributed by atoms with van der Waals surface area (Å²) >= 11 is 0. The fourth-order valence-electron chi connectivity index (χ4n) is 7.02. The van der Waals surface area contributed by atoms with Crippen LogP contribution in [0.1, 0.15) is 44.6 Å². The lowest BCUT2D eigenvalue weighted by Crippen LogP contribution is -2.56. The number of likely N-dealkylation sites (N-methyl/N-ethyl adjacent to an activating group) is 1. The van der Waals surface area contributed by atoms with Gasteiger partial charge in [-0.1, -0.05) is 12.1 Å². The van der Waals surface area contributed by atoms with Gasteiger partial charge in [-0.3, -0.25) is 4.90 Å². The third-order valence-electron chi connectivity index (χ3n) is 9.28. The van der Waals surface area contributed by atoms with Gasteiger partial charge in [0, 0.05) is 50.5 Å². The van der Waals surface area contributed by atoms with Crippen molar-refractivity contribution in [3.63, 3.8) is 0 Å². The molecule has 9 heteroatoms. The summed E-state index contributed by atoms with van der Waals surface area (Å²) in [5, 5.41) is 12.1. The molecule has 0 atom stereocenters. The SMILES string of the molecule is CN1CCN(CC2(O)CC(n3cc(-c4cccc(OCC56CCC(CC5)O6)c4)c4c(N)ncnc43)C2)CC1. The van der Waals surface area contributed by atoms with Crippen molar-refractivity contribution in [2.75, 3.05) is 52.1 Å². The van der Waals surface area contributed by atoms with Crippen LogP contribution in [-0.2, 0) is 4.74 Å². The zero-order valence-corrected chi connectivity index (χ0v) is 22.2. The molecule has 9 nitrogen and oxygen atoms in total. The van der Waals surface area contributed by atoms with Crippen molar-refractivity contribution in [3.05, 3.63) is 36.8 Å². The monoisotopic (exact) mass is 518 g/mol. The Hall–Kier alpha value is -2.72. The highest BCUT2D eigenvalue weighted by Gasteiger charge is 2.47. The highest BCUT2D eigenvalue weighted by molar-refractivity contribution is 6.00. The van der Waals surface area contributed by atoms with Crippen LogP contribution in [0.3, 0.4) is 0 Å². The molecule has 1 saturated carbocycles. The summed E-state index contributed by atoms with van der Waals surface area (Å²) in [5.74, 6) is 1.30. The van der Waals surface area contributed by atoms with Crippen molar-refractivity contribution in [2.24, 2.45) is 0 Å². The van der Waals surface area contributed by atoms with Crippen LogP contribution in [0, 0.1) is 0 Å². The maximum atomic E-state index is 11.3. The van der Waals surface area contributed by atoms with Gasteiger partial charge in [-0.2, -0.15) is 0 Å². The van der Waals surface area contributed by atoms with E-state index in [2.05, 4.69) is 49.7 Å². The van der Waals surface area contributed by atoms with E-state index in [1.807, 2.05) is 12.1 Å². The molecule has 3 aromatic rings. The number of ether oxygens (including phenoxy) is 2. The number of aliphatic hydroxyl groups is 1. The zero-order valence-electron chi connectivity index (χ0n) is 22.2. The molecule has 3 aliphatic heterocycles. The molecule has 2 bridgehead atoms. The number of β-amino-alcohol motifs (C(OH)–C–C–N with tert-alkyl or cyclic N) is 1. The summed E-state index contributed by atoms with van der Waals surface area (Å²) in [7, 11) is 2.16. The smallest absolute Gasteiger partial charge is 0.146 e. The normalized spacial score (nSPS) is 31.6. The van der Waals surface area contributed by atoms with Crippen LogP contribution in [0.2, 0.25) is 0 Å². The van der Waals surface area contributed by atoms with Gasteiger partial charge < -0.3 is 29.8 Å². The average Bonchev–Trinajstić information content (AvgIpc) is 3.62. The number of nitrogens with two attached hydrogens (primary N) is 1. The molecule has 0 amide bonds. The van der Waals surface area contributed by atoms with Crippen LogP contribution < -0.4 is 10.5 Å². The molecule has 0 unspecified atom stereocenters. The Morgan fingerprint density at radius 3 is 2.66 bits per heavy atom. The first-order valence-electron chi connectivity index (χ1n) is 14.0. The van der Waals surface area contributed by atoms with Crippen LogP contribution in [0.15, 0.2) is 36.8 Å². The van der Waals surface area contributed by atoms with Crippen LogP contribution in [-0.4, -0.2) is 93.1 Å². The van der Waals surface area contributed by atoms with Crippen molar-refractivity contribution in [1.29, 1.82) is 0 Å². The number of rotatable bonds is 7.